The summed E-state index contributed by atoms with van der Waals surface area (Å²) < 4.78 is 1.14. The topological polar surface area (TPSA) is 45.2 Å². The fraction of sp³-hybridized carbons (Fsp3) is 0.429. The lowest BCUT2D eigenvalue weighted by molar-refractivity contribution is -0.131. The van der Waals surface area contributed by atoms with Crippen LogP contribution in [0.5, 0.6) is 0 Å². The number of amides is 1. The first-order valence-electron chi connectivity index (χ1n) is 6.73. The average molecular weight is 307 g/mol. The Bertz CT molecular complexity index is 574. The maximum atomic E-state index is 12.3. The van der Waals surface area contributed by atoms with Gasteiger partial charge in [-0.2, -0.15) is 11.8 Å². The van der Waals surface area contributed by atoms with E-state index in [0.29, 0.717) is 0 Å². The number of aromatic nitrogens is 1. The number of fused-ring (bicyclic) bond motifs is 1. The Hall–Kier alpha value is -1.27. The molecule has 1 fully saturated rings. The summed E-state index contributed by atoms with van der Waals surface area (Å²) in [7, 11) is 0. The van der Waals surface area contributed by atoms with Crippen molar-refractivity contribution in [3.63, 3.8) is 0 Å². The van der Waals surface area contributed by atoms with Gasteiger partial charge in [-0.3, -0.25) is 4.79 Å². The van der Waals surface area contributed by atoms with Crippen molar-refractivity contribution in [3.8, 4) is 0 Å². The van der Waals surface area contributed by atoms with Crippen molar-refractivity contribution < 1.29 is 4.79 Å². The number of benzene rings is 1. The van der Waals surface area contributed by atoms with Crippen LogP contribution >= 0.6 is 23.1 Å². The van der Waals surface area contributed by atoms with Gasteiger partial charge >= 0.3 is 0 Å². The zero-order chi connectivity index (χ0) is 13.9. The second kappa shape index (κ2) is 6.01. The number of rotatable bonds is 3. The third-order valence-corrected chi connectivity index (χ3v) is 5.24. The second-order valence-electron chi connectivity index (χ2n) is 4.79. The fourth-order valence-electron chi connectivity index (χ4n) is 2.24. The quantitative estimate of drug-likeness (QED) is 0.947. The van der Waals surface area contributed by atoms with Gasteiger partial charge in [0, 0.05) is 24.6 Å². The number of nitrogens with zero attached hydrogens (tertiary/aromatic N) is 2. The summed E-state index contributed by atoms with van der Waals surface area (Å²) in [5.74, 6) is 2.25. The van der Waals surface area contributed by atoms with E-state index in [1.54, 1.807) is 11.3 Å². The Kier molecular flexibility index (Phi) is 4.12. The van der Waals surface area contributed by atoms with Crippen molar-refractivity contribution in [1.82, 2.24) is 9.88 Å². The van der Waals surface area contributed by atoms with Crippen LogP contribution in [-0.2, 0) is 4.79 Å². The highest BCUT2D eigenvalue weighted by Crippen LogP contribution is 2.26. The second-order valence-corrected chi connectivity index (χ2v) is 7.05. The van der Waals surface area contributed by atoms with Crippen LogP contribution in [0.4, 0.5) is 5.13 Å². The smallest absolute Gasteiger partial charge is 0.244 e. The number of carbonyl (C=O) groups excluding carboxylic acids is 1. The molecule has 1 N–H and O–H groups in total. The third kappa shape index (κ3) is 2.91. The zero-order valence-electron chi connectivity index (χ0n) is 11.3. The van der Waals surface area contributed by atoms with Crippen LogP contribution in [0, 0.1) is 0 Å². The lowest BCUT2D eigenvalue weighted by atomic mass is 10.3. The highest BCUT2D eigenvalue weighted by molar-refractivity contribution is 7.99. The molecule has 4 nitrogen and oxygen atoms in total. The Morgan fingerprint density at radius 2 is 2.10 bits per heavy atom. The SMILES string of the molecule is CC(Nc1nc2ccccc2s1)C(=O)N1CCSCC1. The molecule has 106 valence electrons. The van der Waals surface area contributed by atoms with Gasteiger partial charge in [0.2, 0.25) is 5.91 Å². The average Bonchev–Trinajstić information content (AvgIpc) is 2.89. The molecular weight excluding hydrogens is 290 g/mol. The summed E-state index contributed by atoms with van der Waals surface area (Å²) in [6.07, 6.45) is 0. The van der Waals surface area contributed by atoms with E-state index < -0.39 is 0 Å². The molecule has 1 atom stereocenters. The molecule has 2 heterocycles. The summed E-state index contributed by atoms with van der Waals surface area (Å²) in [4.78, 5) is 18.8. The number of carbonyl (C=O) groups is 1. The van der Waals surface area contributed by atoms with E-state index in [-0.39, 0.29) is 11.9 Å². The summed E-state index contributed by atoms with van der Waals surface area (Å²) >= 11 is 3.50. The lowest BCUT2D eigenvalue weighted by Gasteiger charge is -2.29. The molecule has 1 aromatic carbocycles. The van der Waals surface area contributed by atoms with Crippen molar-refractivity contribution in [2.24, 2.45) is 0 Å². The maximum absolute atomic E-state index is 12.3. The van der Waals surface area contributed by atoms with E-state index in [1.807, 2.05) is 47.9 Å². The molecule has 1 aromatic heterocycles. The van der Waals surface area contributed by atoms with Crippen molar-refractivity contribution in [2.75, 3.05) is 29.9 Å². The van der Waals surface area contributed by atoms with Crippen LogP contribution in [0.15, 0.2) is 24.3 Å². The van der Waals surface area contributed by atoms with Crippen LogP contribution in [0.25, 0.3) is 10.2 Å². The molecule has 3 rings (SSSR count). The molecule has 1 aliphatic heterocycles. The first-order valence-corrected chi connectivity index (χ1v) is 8.70. The fourth-order valence-corrected chi connectivity index (χ4v) is 4.09. The standard InChI is InChI=1S/C14H17N3OS2/c1-10(13(18)17-6-8-19-9-7-17)15-14-16-11-4-2-3-5-12(11)20-14/h2-5,10H,6-9H2,1H3,(H,15,16). The normalized spacial score (nSPS) is 17.1. The van der Waals surface area contributed by atoms with Crippen LogP contribution in [0.1, 0.15) is 6.92 Å². The van der Waals surface area contributed by atoms with E-state index in [0.717, 1.165) is 39.9 Å². The van der Waals surface area contributed by atoms with Gasteiger partial charge in [-0.15, -0.1) is 0 Å². The largest absolute Gasteiger partial charge is 0.350 e. The monoisotopic (exact) mass is 307 g/mol. The van der Waals surface area contributed by atoms with Crippen molar-refractivity contribution in [3.05, 3.63) is 24.3 Å². The number of thioether (sulfide) groups is 1. The number of hydrogen-bond donors (Lipinski definition) is 1. The molecular formula is C14H17N3OS2. The minimum Gasteiger partial charge on any atom is -0.350 e. The molecule has 0 aliphatic carbocycles. The van der Waals surface area contributed by atoms with Crippen LogP contribution in [0.3, 0.4) is 0 Å². The molecule has 2 aromatic rings. The van der Waals surface area contributed by atoms with E-state index in [4.69, 9.17) is 0 Å². The van der Waals surface area contributed by atoms with Gasteiger partial charge in [-0.05, 0) is 19.1 Å². The van der Waals surface area contributed by atoms with Gasteiger partial charge in [0.1, 0.15) is 6.04 Å². The molecule has 0 radical (unpaired) electrons. The number of hydrogen-bond acceptors (Lipinski definition) is 5. The summed E-state index contributed by atoms with van der Waals surface area (Å²) in [6, 6.07) is 7.80. The minimum absolute atomic E-state index is 0.171. The number of para-hydroxylation sites is 1. The van der Waals surface area contributed by atoms with E-state index in [9.17, 15) is 4.79 Å². The van der Waals surface area contributed by atoms with E-state index in [1.165, 1.54) is 0 Å². The Morgan fingerprint density at radius 3 is 2.85 bits per heavy atom. The van der Waals surface area contributed by atoms with Crippen LogP contribution < -0.4 is 5.32 Å². The summed E-state index contributed by atoms with van der Waals surface area (Å²) in [5.41, 5.74) is 0.981. The highest BCUT2D eigenvalue weighted by Gasteiger charge is 2.22. The van der Waals surface area contributed by atoms with Gasteiger partial charge in [0.05, 0.1) is 10.2 Å². The molecule has 20 heavy (non-hydrogen) atoms. The van der Waals surface area contributed by atoms with Crippen LogP contribution in [-0.4, -0.2) is 46.4 Å². The molecule has 6 heteroatoms. The van der Waals surface area contributed by atoms with Gasteiger partial charge in [-0.1, -0.05) is 23.5 Å². The van der Waals surface area contributed by atoms with Gasteiger partial charge in [-0.25, -0.2) is 4.98 Å². The molecule has 0 bridgehead atoms. The van der Waals surface area contributed by atoms with Gasteiger partial charge in [0.25, 0.3) is 0 Å². The Morgan fingerprint density at radius 1 is 1.35 bits per heavy atom. The highest BCUT2D eigenvalue weighted by atomic mass is 32.2. The Balaban J connectivity index is 1.68. The summed E-state index contributed by atoms with van der Waals surface area (Å²) in [6.45, 7) is 3.63. The number of nitrogens with one attached hydrogen (secondary N) is 1. The molecule has 0 spiro atoms. The molecule has 1 amide bonds. The first kappa shape index (κ1) is 13.7. The predicted molar refractivity (Wildman–Crippen MR) is 86.6 cm³/mol. The zero-order valence-corrected chi connectivity index (χ0v) is 13.0. The molecule has 1 aliphatic rings. The number of thiazole rings is 1. The Labute approximate surface area is 126 Å². The number of anilines is 1. The van der Waals surface area contributed by atoms with Crippen LogP contribution in [0.2, 0.25) is 0 Å². The predicted octanol–water partition coefficient (Wildman–Crippen LogP) is 2.67. The molecule has 1 unspecified atom stereocenters. The van der Waals surface area contributed by atoms with Crippen molar-refractivity contribution in [1.29, 1.82) is 0 Å². The van der Waals surface area contributed by atoms with Crippen molar-refractivity contribution in [2.45, 2.75) is 13.0 Å². The maximum Gasteiger partial charge on any atom is 0.244 e. The van der Waals surface area contributed by atoms with Crippen molar-refractivity contribution >= 4 is 44.4 Å². The van der Waals surface area contributed by atoms with E-state index in [2.05, 4.69) is 10.3 Å². The molecule has 0 saturated carbocycles. The van der Waals surface area contributed by atoms with Gasteiger partial charge in [0.15, 0.2) is 5.13 Å². The van der Waals surface area contributed by atoms with E-state index >= 15 is 0 Å². The first-order chi connectivity index (χ1) is 9.74. The third-order valence-electron chi connectivity index (χ3n) is 3.33. The summed E-state index contributed by atoms with van der Waals surface area (Å²) in [5, 5.41) is 4.06. The lowest BCUT2D eigenvalue weighted by Crippen LogP contribution is -2.45. The minimum atomic E-state index is -0.223. The molecule has 1 saturated heterocycles. The van der Waals surface area contributed by atoms with Gasteiger partial charge < -0.3 is 10.2 Å².